The van der Waals surface area contributed by atoms with E-state index in [1.807, 2.05) is 0 Å². The second kappa shape index (κ2) is 5.36. The Balaban J connectivity index is 3.89. The van der Waals surface area contributed by atoms with E-state index >= 15 is 0 Å². The summed E-state index contributed by atoms with van der Waals surface area (Å²) in [6, 6.07) is 1.29. The van der Waals surface area contributed by atoms with E-state index in [0.717, 1.165) is 6.54 Å². The van der Waals surface area contributed by atoms with Crippen molar-refractivity contribution in [2.24, 2.45) is 0 Å². The van der Waals surface area contributed by atoms with Gasteiger partial charge in [-0.1, -0.05) is 12.2 Å². The van der Waals surface area contributed by atoms with Crippen LogP contribution in [0.15, 0.2) is 12.2 Å². The van der Waals surface area contributed by atoms with Gasteiger partial charge in [0.15, 0.2) is 0 Å². The normalized spacial score (nSPS) is 12.7. The highest BCUT2D eigenvalue weighted by Crippen LogP contribution is 2.03. The Bertz CT molecular complexity index is 106. The van der Waals surface area contributed by atoms with Gasteiger partial charge >= 0.3 is 0 Å². The zero-order valence-corrected chi connectivity index (χ0v) is 8.46. The van der Waals surface area contributed by atoms with Gasteiger partial charge in [0.2, 0.25) is 0 Å². The van der Waals surface area contributed by atoms with E-state index in [4.69, 9.17) is 0 Å². The van der Waals surface area contributed by atoms with Crippen LogP contribution in [0, 0.1) is 0 Å². The molecule has 0 aromatic heterocycles. The highest BCUT2D eigenvalue weighted by molar-refractivity contribution is 4.83. The summed E-state index contributed by atoms with van der Waals surface area (Å²) in [5, 5.41) is 0. The van der Waals surface area contributed by atoms with Gasteiger partial charge in [-0.3, -0.25) is 4.90 Å². The summed E-state index contributed by atoms with van der Waals surface area (Å²) in [7, 11) is 0. The first-order chi connectivity index (χ1) is 5.09. The Labute approximate surface area is 71.1 Å². The fourth-order valence-electron chi connectivity index (χ4n) is 1.25. The molecule has 1 nitrogen and oxygen atoms in total. The van der Waals surface area contributed by atoms with Gasteiger partial charge in [0, 0.05) is 18.6 Å². The lowest BCUT2D eigenvalue weighted by molar-refractivity contribution is 0.196. The number of hydrogen-bond acceptors (Lipinski definition) is 1. The highest BCUT2D eigenvalue weighted by atomic mass is 15.2. The molecule has 0 atom stereocenters. The van der Waals surface area contributed by atoms with Crippen molar-refractivity contribution in [2.75, 3.05) is 6.54 Å². The number of allylic oxidation sites excluding steroid dienone is 1. The molecular weight excluding hydrogens is 134 g/mol. The van der Waals surface area contributed by atoms with Crippen molar-refractivity contribution in [1.82, 2.24) is 4.90 Å². The molecule has 0 unspecified atom stereocenters. The third kappa shape index (κ3) is 4.20. The Morgan fingerprint density at radius 3 is 1.82 bits per heavy atom. The fraction of sp³-hybridized carbons (Fsp3) is 0.800. The maximum Gasteiger partial charge on any atom is 0.0168 e. The zero-order chi connectivity index (χ0) is 8.85. The molecule has 0 fully saturated rings. The predicted molar refractivity (Wildman–Crippen MR) is 51.8 cm³/mol. The van der Waals surface area contributed by atoms with E-state index in [1.54, 1.807) is 0 Å². The standard InChI is InChI=1S/C10H21N/c1-6-7-8-11(9(2)3)10(4)5/h6-7,9-10H,8H2,1-5H3. The van der Waals surface area contributed by atoms with E-state index in [-0.39, 0.29) is 0 Å². The largest absolute Gasteiger partial charge is 0.295 e. The van der Waals surface area contributed by atoms with Crippen molar-refractivity contribution in [3.8, 4) is 0 Å². The smallest absolute Gasteiger partial charge is 0.0168 e. The molecule has 0 aromatic carbocycles. The molecule has 66 valence electrons. The first-order valence-electron chi connectivity index (χ1n) is 4.46. The molecule has 0 saturated heterocycles. The third-order valence-electron chi connectivity index (χ3n) is 1.88. The van der Waals surface area contributed by atoms with Gasteiger partial charge in [0.1, 0.15) is 0 Å². The summed E-state index contributed by atoms with van der Waals surface area (Å²) < 4.78 is 0. The van der Waals surface area contributed by atoms with E-state index in [1.165, 1.54) is 0 Å². The number of rotatable bonds is 4. The van der Waals surface area contributed by atoms with Gasteiger partial charge in [0.25, 0.3) is 0 Å². The summed E-state index contributed by atoms with van der Waals surface area (Å²) in [6.45, 7) is 12.1. The molecule has 0 aliphatic heterocycles. The molecule has 0 heterocycles. The Kier molecular flexibility index (Phi) is 5.22. The molecule has 0 saturated carbocycles. The van der Waals surface area contributed by atoms with Gasteiger partial charge in [-0.25, -0.2) is 0 Å². The van der Waals surface area contributed by atoms with Crippen LogP contribution in [0.4, 0.5) is 0 Å². The van der Waals surface area contributed by atoms with Crippen molar-refractivity contribution >= 4 is 0 Å². The van der Waals surface area contributed by atoms with Gasteiger partial charge in [0.05, 0.1) is 0 Å². The van der Waals surface area contributed by atoms with Gasteiger partial charge < -0.3 is 0 Å². The molecule has 0 amide bonds. The van der Waals surface area contributed by atoms with Crippen LogP contribution < -0.4 is 0 Å². The molecule has 0 radical (unpaired) electrons. The third-order valence-corrected chi connectivity index (χ3v) is 1.88. The van der Waals surface area contributed by atoms with Gasteiger partial charge in [-0.2, -0.15) is 0 Å². The molecular formula is C10H21N. The SMILES string of the molecule is CC=CCN(C(C)C)C(C)C. The van der Waals surface area contributed by atoms with Gasteiger partial charge in [-0.15, -0.1) is 0 Å². The van der Waals surface area contributed by atoms with Crippen molar-refractivity contribution in [2.45, 2.75) is 46.7 Å². The average Bonchev–Trinajstić information content (AvgIpc) is 1.87. The number of hydrogen-bond donors (Lipinski definition) is 0. The van der Waals surface area contributed by atoms with Crippen LogP contribution in [0.5, 0.6) is 0 Å². The summed E-state index contributed by atoms with van der Waals surface area (Å²) in [5.41, 5.74) is 0. The molecule has 0 rings (SSSR count). The molecule has 0 bridgehead atoms. The zero-order valence-electron chi connectivity index (χ0n) is 8.46. The average molecular weight is 155 g/mol. The second-order valence-corrected chi connectivity index (χ2v) is 3.45. The second-order valence-electron chi connectivity index (χ2n) is 3.45. The minimum absolute atomic E-state index is 0.645. The van der Waals surface area contributed by atoms with Crippen molar-refractivity contribution < 1.29 is 0 Å². The van der Waals surface area contributed by atoms with Crippen LogP contribution in [-0.2, 0) is 0 Å². The topological polar surface area (TPSA) is 3.24 Å². The Hall–Kier alpha value is -0.300. The van der Waals surface area contributed by atoms with Crippen LogP contribution in [0.1, 0.15) is 34.6 Å². The lowest BCUT2D eigenvalue weighted by Crippen LogP contribution is -2.36. The van der Waals surface area contributed by atoms with Crippen LogP contribution in [0.25, 0.3) is 0 Å². The van der Waals surface area contributed by atoms with E-state index in [0.29, 0.717) is 12.1 Å². The Morgan fingerprint density at radius 2 is 1.55 bits per heavy atom. The minimum atomic E-state index is 0.645. The molecule has 0 spiro atoms. The molecule has 0 N–H and O–H groups in total. The highest BCUT2D eigenvalue weighted by Gasteiger charge is 2.10. The van der Waals surface area contributed by atoms with Crippen LogP contribution >= 0.6 is 0 Å². The van der Waals surface area contributed by atoms with Crippen molar-refractivity contribution in [3.63, 3.8) is 0 Å². The maximum atomic E-state index is 2.46. The van der Waals surface area contributed by atoms with E-state index < -0.39 is 0 Å². The summed E-state index contributed by atoms with van der Waals surface area (Å²) in [4.78, 5) is 2.46. The molecule has 11 heavy (non-hydrogen) atoms. The van der Waals surface area contributed by atoms with Crippen LogP contribution in [0.2, 0.25) is 0 Å². The first-order valence-corrected chi connectivity index (χ1v) is 4.46. The fourth-order valence-corrected chi connectivity index (χ4v) is 1.25. The quantitative estimate of drug-likeness (QED) is 0.564. The molecule has 0 aliphatic rings. The lowest BCUT2D eigenvalue weighted by Gasteiger charge is -2.29. The number of nitrogens with zero attached hydrogens (tertiary/aromatic N) is 1. The van der Waals surface area contributed by atoms with E-state index in [9.17, 15) is 0 Å². The molecule has 0 aromatic rings. The lowest BCUT2D eigenvalue weighted by atomic mass is 10.2. The van der Waals surface area contributed by atoms with Gasteiger partial charge in [-0.05, 0) is 34.6 Å². The van der Waals surface area contributed by atoms with Crippen LogP contribution in [-0.4, -0.2) is 23.5 Å². The van der Waals surface area contributed by atoms with Crippen LogP contribution in [0.3, 0.4) is 0 Å². The minimum Gasteiger partial charge on any atom is -0.295 e. The van der Waals surface area contributed by atoms with Crippen molar-refractivity contribution in [3.05, 3.63) is 12.2 Å². The predicted octanol–water partition coefficient (Wildman–Crippen LogP) is 2.68. The Morgan fingerprint density at radius 1 is 1.09 bits per heavy atom. The summed E-state index contributed by atoms with van der Waals surface area (Å²) in [5.74, 6) is 0. The monoisotopic (exact) mass is 155 g/mol. The molecule has 0 aliphatic carbocycles. The maximum absolute atomic E-state index is 2.46. The first kappa shape index (κ1) is 10.7. The molecule has 1 heteroatoms. The van der Waals surface area contributed by atoms with Crippen molar-refractivity contribution in [1.29, 1.82) is 0 Å². The summed E-state index contributed by atoms with van der Waals surface area (Å²) in [6.07, 6.45) is 4.32. The summed E-state index contributed by atoms with van der Waals surface area (Å²) >= 11 is 0. The van der Waals surface area contributed by atoms with E-state index in [2.05, 4.69) is 51.7 Å².